The molecule has 2 heterocycles. The van der Waals surface area contributed by atoms with Crippen molar-refractivity contribution in [1.29, 1.82) is 0 Å². The Hall–Kier alpha value is -2.75. The van der Waals surface area contributed by atoms with Crippen LogP contribution in [0.1, 0.15) is 35.7 Å². The third kappa shape index (κ3) is 6.11. The first-order valence-corrected chi connectivity index (χ1v) is 13.4. The molecule has 10 heteroatoms. The second kappa shape index (κ2) is 11.6. The lowest BCUT2D eigenvalue weighted by atomic mass is 9.89. The second-order valence-electron chi connectivity index (χ2n) is 9.38. The normalized spacial score (nSPS) is 14.9. The molecule has 3 aromatic carbocycles. The van der Waals surface area contributed by atoms with E-state index >= 15 is 0 Å². The molecule has 0 saturated carbocycles. The van der Waals surface area contributed by atoms with Gasteiger partial charge in [-0.3, -0.25) is 4.90 Å². The molecule has 4 aromatic rings. The number of fused-ring (bicyclic) bond motifs is 1. The minimum absolute atomic E-state index is 0.0610. The van der Waals surface area contributed by atoms with Crippen molar-refractivity contribution in [2.45, 2.75) is 38.5 Å². The maximum absolute atomic E-state index is 14.1. The first-order chi connectivity index (χ1) is 18.3. The van der Waals surface area contributed by atoms with Crippen LogP contribution in [-0.4, -0.2) is 34.2 Å². The number of rotatable bonds is 8. The second-order valence-corrected chi connectivity index (χ2v) is 10.7. The molecule has 0 unspecified atom stereocenters. The number of alkyl halides is 2. The number of aromatic nitrogens is 2. The fraction of sp³-hybridized carbons (Fsp3) is 0.321. The monoisotopic (exact) mass is 607 g/mol. The first-order valence-electron chi connectivity index (χ1n) is 12.3. The molecule has 0 amide bonds. The lowest BCUT2D eigenvalue weighted by Gasteiger charge is -2.32. The van der Waals surface area contributed by atoms with E-state index in [0.717, 1.165) is 37.3 Å². The molecule has 200 valence electrons. The minimum atomic E-state index is -2.92. The lowest BCUT2D eigenvalue weighted by molar-refractivity contribution is -0.0489. The first kappa shape index (κ1) is 26.8. The van der Waals surface area contributed by atoms with Crippen LogP contribution >= 0.6 is 27.5 Å². The van der Waals surface area contributed by atoms with E-state index in [9.17, 15) is 13.2 Å². The number of hydrogen-bond acceptors (Lipinski definition) is 4. The number of halogens is 5. The molecule has 0 bridgehead atoms. The van der Waals surface area contributed by atoms with Gasteiger partial charge in [-0.15, -0.1) is 0 Å². The fourth-order valence-electron chi connectivity index (χ4n) is 4.88. The highest BCUT2D eigenvalue weighted by atomic mass is 79.9. The number of piperidine rings is 1. The number of benzene rings is 3. The van der Waals surface area contributed by atoms with Crippen LogP contribution in [0, 0.1) is 5.82 Å². The summed E-state index contributed by atoms with van der Waals surface area (Å²) in [5.74, 6) is 1.55. The molecule has 1 fully saturated rings. The van der Waals surface area contributed by atoms with Gasteiger partial charge in [0.1, 0.15) is 29.5 Å². The van der Waals surface area contributed by atoms with Gasteiger partial charge in [0.25, 0.3) is 0 Å². The van der Waals surface area contributed by atoms with Crippen LogP contribution in [0.3, 0.4) is 0 Å². The maximum Gasteiger partial charge on any atom is 0.387 e. The predicted molar refractivity (Wildman–Crippen MR) is 144 cm³/mol. The molecule has 0 spiro atoms. The summed E-state index contributed by atoms with van der Waals surface area (Å²) in [6.07, 6.45) is 1.93. The summed E-state index contributed by atoms with van der Waals surface area (Å²) in [4.78, 5) is 6.96. The molecular weight excluding hydrogens is 583 g/mol. The summed E-state index contributed by atoms with van der Waals surface area (Å²) in [5.41, 5.74) is 2.81. The van der Waals surface area contributed by atoms with Crippen LogP contribution < -0.4 is 9.47 Å². The van der Waals surface area contributed by atoms with E-state index in [0.29, 0.717) is 38.8 Å². The highest BCUT2D eigenvalue weighted by Gasteiger charge is 2.23. The Labute approximate surface area is 232 Å². The Kier molecular flexibility index (Phi) is 8.16. The van der Waals surface area contributed by atoms with E-state index in [1.807, 2.05) is 35.9 Å². The molecule has 5 nitrogen and oxygen atoms in total. The van der Waals surface area contributed by atoms with Crippen LogP contribution in [-0.2, 0) is 20.2 Å². The number of imidazole rings is 1. The maximum atomic E-state index is 14.1. The standard InChI is InChI=1S/C28H26BrClF3N3O2/c1-35-24-12-20(29)13-25(38-28(32)33)27(24)34-26(35)15-36-9-7-17(8-10-36)18-3-2-4-22(11-18)37-16-19-5-6-21(30)14-23(19)31/h2-6,11-14,17,28H,7-10,15-16H2,1H3. The third-order valence-corrected chi connectivity index (χ3v) is 7.61. The minimum Gasteiger partial charge on any atom is -0.489 e. The smallest absolute Gasteiger partial charge is 0.387 e. The van der Waals surface area contributed by atoms with Crippen molar-refractivity contribution in [3.05, 3.63) is 86.9 Å². The van der Waals surface area contributed by atoms with Gasteiger partial charge in [0.05, 0.1) is 12.1 Å². The highest BCUT2D eigenvalue weighted by Crippen LogP contribution is 2.33. The molecule has 1 aliphatic rings. The highest BCUT2D eigenvalue weighted by molar-refractivity contribution is 9.10. The molecule has 0 aliphatic carbocycles. The zero-order valence-electron chi connectivity index (χ0n) is 20.6. The number of ether oxygens (including phenoxy) is 2. The summed E-state index contributed by atoms with van der Waals surface area (Å²) in [7, 11) is 1.89. The lowest BCUT2D eigenvalue weighted by Crippen LogP contribution is -2.33. The van der Waals surface area contributed by atoms with Gasteiger partial charge in [-0.1, -0.05) is 45.7 Å². The molecule has 0 N–H and O–H groups in total. The zero-order valence-corrected chi connectivity index (χ0v) is 23.0. The van der Waals surface area contributed by atoms with Crippen molar-refractivity contribution in [2.24, 2.45) is 7.05 Å². The summed E-state index contributed by atoms with van der Waals surface area (Å²) in [6, 6.07) is 15.9. The Morgan fingerprint density at radius 2 is 1.89 bits per heavy atom. The van der Waals surface area contributed by atoms with E-state index in [1.165, 1.54) is 17.7 Å². The molecule has 1 aliphatic heterocycles. The molecule has 0 atom stereocenters. The number of hydrogen-bond donors (Lipinski definition) is 0. The number of nitrogens with zero attached hydrogens (tertiary/aromatic N) is 3. The average molecular weight is 609 g/mol. The van der Waals surface area contributed by atoms with E-state index in [2.05, 4.69) is 31.9 Å². The summed E-state index contributed by atoms with van der Waals surface area (Å²) in [5, 5.41) is 0.356. The SMILES string of the molecule is Cn1c(CN2CCC(c3cccc(OCc4ccc(Cl)cc4F)c3)CC2)nc2c(OC(F)F)cc(Br)cc21. The van der Waals surface area contributed by atoms with Crippen LogP contribution in [0.15, 0.2) is 59.1 Å². The van der Waals surface area contributed by atoms with E-state index in [-0.39, 0.29) is 18.2 Å². The topological polar surface area (TPSA) is 39.5 Å². The zero-order chi connectivity index (χ0) is 26.8. The van der Waals surface area contributed by atoms with Crippen LogP contribution in [0.2, 0.25) is 5.02 Å². The van der Waals surface area contributed by atoms with Gasteiger partial charge in [-0.05, 0) is 73.8 Å². The molecule has 1 aromatic heterocycles. The van der Waals surface area contributed by atoms with Gasteiger partial charge in [-0.25, -0.2) is 9.37 Å². The van der Waals surface area contributed by atoms with E-state index in [4.69, 9.17) is 21.1 Å². The van der Waals surface area contributed by atoms with Crippen molar-refractivity contribution >= 4 is 38.6 Å². The third-order valence-electron chi connectivity index (χ3n) is 6.92. The fourth-order valence-corrected chi connectivity index (χ4v) is 5.46. The van der Waals surface area contributed by atoms with Crippen molar-refractivity contribution in [2.75, 3.05) is 13.1 Å². The van der Waals surface area contributed by atoms with Gasteiger partial charge in [0, 0.05) is 22.1 Å². The summed E-state index contributed by atoms with van der Waals surface area (Å²) in [6.45, 7) is -0.430. The summed E-state index contributed by atoms with van der Waals surface area (Å²) >= 11 is 9.20. The molecule has 38 heavy (non-hydrogen) atoms. The van der Waals surface area contributed by atoms with E-state index in [1.54, 1.807) is 12.1 Å². The van der Waals surface area contributed by atoms with Gasteiger partial charge in [0.2, 0.25) is 0 Å². The van der Waals surface area contributed by atoms with Crippen LogP contribution in [0.4, 0.5) is 13.2 Å². The molecule has 5 rings (SSSR count). The Morgan fingerprint density at radius 3 is 2.63 bits per heavy atom. The quantitative estimate of drug-likeness (QED) is 0.206. The van der Waals surface area contributed by atoms with Crippen LogP contribution in [0.25, 0.3) is 11.0 Å². The number of aryl methyl sites for hydroxylation is 1. The predicted octanol–water partition coefficient (Wildman–Crippen LogP) is 7.69. The Balaban J connectivity index is 1.21. The van der Waals surface area contributed by atoms with Crippen molar-refractivity contribution < 1.29 is 22.6 Å². The summed E-state index contributed by atoms with van der Waals surface area (Å²) < 4.78 is 53.0. The Bertz CT molecular complexity index is 1440. The van der Waals surface area contributed by atoms with E-state index < -0.39 is 6.61 Å². The number of likely N-dealkylation sites (tertiary alicyclic amines) is 1. The molecular formula is C28H26BrClF3N3O2. The van der Waals surface area contributed by atoms with Crippen molar-refractivity contribution in [3.63, 3.8) is 0 Å². The molecule has 0 radical (unpaired) electrons. The van der Waals surface area contributed by atoms with Gasteiger partial charge in [0.15, 0.2) is 5.75 Å². The van der Waals surface area contributed by atoms with Crippen molar-refractivity contribution in [1.82, 2.24) is 14.5 Å². The molecule has 1 saturated heterocycles. The van der Waals surface area contributed by atoms with Crippen molar-refractivity contribution in [3.8, 4) is 11.5 Å². The van der Waals surface area contributed by atoms with Gasteiger partial charge < -0.3 is 14.0 Å². The average Bonchev–Trinajstić information content (AvgIpc) is 3.19. The largest absolute Gasteiger partial charge is 0.489 e. The van der Waals surface area contributed by atoms with Gasteiger partial charge in [-0.2, -0.15) is 8.78 Å². The Morgan fingerprint density at radius 1 is 1.11 bits per heavy atom. The van der Waals surface area contributed by atoms with Crippen LogP contribution in [0.5, 0.6) is 11.5 Å². The van der Waals surface area contributed by atoms with Gasteiger partial charge >= 0.3 is 6.61 Å².